The van der Waals surface area contributed by atoms with Gasteiger partial charge in [0.2, 0.25) is 0 Å². The summed E-state index contributed by atoms with van der Waals surface area (Å²) >= 11 is 6.05. The average molecular weight is 381 g/mol. The molecule has 0 bridgehead atoms. The summed E-state index contributed by atoms with van der Waals surface area (Å²) in [6, 6.07) is 18.5. The number of hydrogen-bond donors (Lipinski definition) is 3. The molecule has 0 fully saturated rings. The molecule has 0 aliphatic heterocycles. The van der Waals surface area contributed by atoms with Gasteiger partial charge in [-0.25, -0.2) is 0 Å². The van der Waals surface area contributed by atoms with Crippen molar-refractivity contribution in [2.24, 2.45) is 10.9 Å². The number of amidine groups is 1. The molecule has 0 amide bonds. The Bertz CT molecular complexity index is 965. The maximum absolute atomic E-state index is 9.65. The van der Waals surface area contributed by atoms with Gasteiger partial charge in [-0.2, -0.15) is 0 Å². The second kappa shape index (κ2) is 8.14. The fourth-order valence-electron chi connectivity index (χ4n) is 3.19. The molecule has 4 nitrogen and oxygen atoms in total. The summed E-state index contributed by atoms with van der Waals surface area (Å²) in [5, 5.41) is 22.9. The number of hydrogen-bond acceptors (Lipinski definition) is 3. The van der Waals surface area contributed by atoms with Gasteiger partial charge in [0.05, 0.1) is 0 Å². The van der Waals surface area contributed by atoms with Crippen molar-refractivity contribution >= 4 is 17.4 Å². The highest BCUT2D eigenvalue weighted by molar-refractivity contribution is 6.30. The molecule has 0 radical (unpaired) electrons. The van der Waals surface area contributed by atoms with E-state index in [4.69, 9.17) is 17.3 Å². The maximum Gasteiger partial charge on any atom is 0.170 e. The first-order valence-corrected chi connectivity index (χ1v) is 9.11. The molecule has 3 aromatic carbocycles. The van der Waals surface area contributed by atoms with Crippen LogP contribution in [0.2, 0.25) is 5.02 Å². The topological polar surface area (TPSA) is 78.8 Å². The molecule has 0 aromatic heterocycles. The molecule has 0 atom stereocenters. The highest BCUT2D eigenvalue weighted by Crippen LogP contribution is 2.37. The van der Waals surface area contributed by atoms with Crippen molar-refractivity contribution in [2.75, 3.05) is 0 Å². The van der Waals surface area contributed by atoms with Crippen molar-refractivity contribution < 1.29 is 10.3 Å². The number of phenolic OH excluding ortho intramolecular Hbond substituents is 1. The van der Waals surface area contributed by atoms with Gasteiger partial charge in [-0.05, 0) is 59.0 Å². The van der Waals surface area contributed by atoms with Gasteiger partial charge in [0.15, 0.2) is 5.84 Å². The zero-order valence-corrected chi connectivity index (χ0v) is 15.7. The van der Waals surface area contributed by atoms with Gasteiger partial charge >= 0.3 is 0 Å². The third-order valence-corrected chi connectivity index (χ3v) is 4.68. The fraction of sp³-hybridized carbons (Fsp3) is 0.136. The third-order valence-electron chi connectivity index (χ3n) is 4.43. The van der Waals surface area contributed by atoms with Crippen LogP contribution in [-0.2, 0) is 6.42 Å². The standard InChI is InChI=1S/C22H21ClN2O2/c1-2-3-14-12-19(15-6-10-18(26)11-7-15)21(20(13-14)22(24)25-27)16-4-8-17(23)9-5-16/h4-13,26-27H,2-3H2,1H3,(H2,24,25). The zero-order valence-electron chi connectivity index (χ0n) is 15.0. The molecule has 0 aliphatic carbocycles. The number of nitrogens with two attached hydrogens (primary N) is 1. The van der Waals surface area contributed by atoms with Crippen LogP contribution in [0.3, 0.4) is 0 Å². The Hall–Kier alpha value is -2.98. The molecule has 0 saturated carbocycles. The second-order valence-electron chi connectivity index (χ2n) is 6.35. The highest BCUT2D eigenvalue weighted by atomic mass is 35.5. The Morgan fingerprint density at radius 3 is 2.22 bits per heavy atom. The van der Waals surface area contributed by atoms with Crippen molar-refractivity contribution in [2.45, 2.75) is 19.8 Å². The normalized spacial score (nSPS) is 11.6. The first-order valence-electron chi connectivity index (χ1n) is 8.73. The minimum Gasteiger partial charge on any atom is -0.508 e. The van der Waals surface area contributed by atoms with Crippen molar-refractivity contribution in [3.8, 4) is 28.0 Å². The van der Waals surface area contributed by atoms with E-state index >= 15 is 0 Å². The lowest BCUT2D eigenvalue weighted by Gasteiger charge is -2.18. The molecule has 27 heavy (non-hydrogen) atoms. The quantitative estimate of drug-likeness (QED) is 0.239. The van der Waals surface area contributed by atoms with Gasteiger partial charge in [-0.15, -0.1) is 0 Å². The molecule has 0 saturated heterocycles. The van der Waals surface area contributed by atoms with Gasteiger partial charge in [-0.1, -0.05) is 60.4 Å². The molecule has 3 rings (SSSR count). The summed E-state index contributed by atoms with van der Waals surface area (Å²) in [4.78, 5) is 0. The number of halogens is 1. The molecule has 0 spiro atoms. The van der Waals surface area contributed by atoms with E-state index in [1.807, 2.05) is 42.5 Å². The van der Waals surface area contributed by atoms with Gasteiger partial charge in [0.1, 0.15) is 5.75 Å². The van der Waals surface area contributed by atoms with Crippen LogP contribution in [0.4, 0.5) is 0 Å². The Balaban J connectivity index is 2.35. The van der Waals surface area contributed by atoms with Gasteiger partial charge in [-0.3, -0.25) is 0 Å². The number of aryl methyl sites for hydroxylation is 1. The Morgan fingerprint density at radius 2 is 1.63 bits per heavy atom. The zero-order chi connectivity index (χ0) is 19.4. The first kappa shape index (κ1) is 18.8. The average Bonchev–Trinajstić information content (AvgIpc) is 2.68. The SMILES string of the molecule is CCCc1cc(/C(N)=N/O)c(-c2ccc(Cl)cc2)c(-c2ccc(O)cc2)c1. The lowest BCUT2D eigenvalue weighted by Crippen LogP contribution is -2.15. The molecule has 4 N–H and O–H groups in total. The van der Waals surface area contributed by atoms with Gasteiger partial charge < -0.3 is 16.0 Å². The molecule has 0 heterocycles. The van der Waals surface area contributed by atoms with Gasteiger partial charge in [0.25, 0.3) is 0 Å². The van der Waals surface area contributed by atoms with Crippen LogP contribution in [-0.4, -0.2) is 16.1 Å². The fourth-order valence-corrected chi connectivity index (χ4v) is 3.31. The van der Waals surface area contributed by atoms with E-state index in [2.05, 4.69) is 18.1 Å². The molecule has 0 unspecified atom stereocenters. The predicted molar refractivity (Wildman–Crippen MR) is 110 cm³/mol. The minimum absolute atomic E-state index is 0.0536. The van der Waals surface area contributed by atoms with Gasteiger partial charge in [0, 0.05) is 16.1 Å². The van der Waals surface area contributed by atoms with Crippen LogP contribution in [0.15, 0.2) is 65.8 Å². The Labute approximate surface area is 163 Å². The Morgan fingerprint density at radius 1 is 1.00 bits per heavy atom. The molecule has 0 aliphatic rings. The number of rotatable bonds is 5. The van der Waals surface area contributed by atoms with Crippen molar-refractivity contribution in [1.82, 2.24) is 0 Å². The van der Waals surface area contributed by atoms with Crippen LogP contribution < -0.4 is 5.73 Å². The lowest BCUT2D eigenvalue weighted by atomic mass is 9.87. The smallest absolute Gasteiger partial charge is 0.170 e. The van der Waals surface area contributed by atoms with E-state index in [0.29, 0.717) is 10.6 Å². The van der Waals surface area contributed by atoms with E-state index in [0.717, 1.165) is 40.7 Å². The molecule has 5 heteroatoms. The summed E-state index contributed by atoms with van der Waals surface area (Å²) < 4.78 is 0. The van der Waals surface area contributed by atoms with E-state index < -0.39 is 0 Å². The van der Waals surface area contributed by atoms with Crippen LogP contribution >= 0.6 is 11.6 Å². The number of nitrogens with zero attached hydrogens (tertiary/aromatic N) is 1. The second-order valence-corrected chi connectivity index (χ2v) is 6.79. The summed E-state index contributed by atoms with van der Waals surface area (Å²) in [6.45, 7) is 2.11. The largest absolute Gasteiger partial charge is 0.508 e. The summed E-state index contributed by atoms with van der Waals surface area (Å²) in [5.74, 6) is 0.256. The number of benzene rings is 3. The van der Waals surface area contributed by atoms with Crippen molar-refractivity contribution in [3.63, 3.8) is 0 Å². The lowest BCUT2D eigenvalue weighted by molar-refractivity contribution is 0.318. The number of oxime groups is 1. The monoisotopic (exact) mass is 380 g/mol. The van der Waals surface area contributed by atoms with E-state index in [9.17, 15) is 10.3 Å². The molecule has 3 aromatic rings. The van der Waals surface area contributed by atoms with E-state index in [1.54, 1.807) is 12.1 Å². The molecular weight excluding hydrogens is 360 g/mol. The minimum atomic E-state index is 0.0536. The molecule has 138 valence electrons. The number of phenols is 1. The van der Waals surface area contributed by atoms with Crippen LogP contribution in [0.5, 0.6) is 5.75 Å². The Kier molecular flexibility index (Phi) is 5.67. The predicted octanol–water partition coefficient (Wildman–Crippen LogP) is 5.43. The van der Waals surface area contributed by atoms with Crippen LogP contribution in [0.25, 0.3) is 22.3 Å². The van der Waals surface area contributed by atoms with E-state index in [1.165, 1.54) is 0 Å². The number of aromatic hydroxyl groups is 1. The summed E-state index contributed by atoms with van der Waals surface area (Å²) in [7, 11) is 0. The molecular formula is C22H21ClN2O2. The van der Waals surface area contributed by atoms with Crippen LogP contribution in [0.1, 0.15) is 24.5 Å². The van der Waals surface area contributed by atoms with Crippen LogP contribution in [0, 0.1) is 0 Å². The van der Waals surface area contributed by atoms with Crippen molar-refractivity contribution in [3.05, 3.63) is 76.8 Å². The van der Waals surface area contributed by atoms with E-state index in [-0.39, 0.29) is 11.6 Å². The summed E-state index contributed by atoms with van der Waals surface area (Å²) in [5.41, 5.74) is 11.4. The van der Waals surface area contributed by atoms with Crippen molar-refractivity contribution in [1.29, 1.82) is 0 Å². The summed E-state index contributed by atoms with van der Waals surface area (Å²) in [6.07, 6.45) is 1.85. The first-order chi connectivity index (χ1) is 13.0. The maximum atomic E-state index is 9.65. The third kappa shape index (κ3) is 4.07. The highest BCUT2D eigenvalue weighted by Gasteiger charge is 2.17.